The molecule has 4 rings (SSSR count). The zero-order valence-electron chi connectivity index (χ0n) is 15.0. The molecule has 4 saturated carbocycles. The normalized spacial score (nSPS) is 67.0. The van der Waals surface area contributed by atoms with Crippen LogP contribution >= 0.6 is 0 Å². The van der Waals surface area contributed by atoms with Crippen molar-refractivity contribution in [1.29, 1.82) is 0 Å². The number of rotatable bonds is 0. The summed E-state index contributed by atoms with van der Waals surface area (Å²) in [4.78, 5) is 0. The summed E-state index contributed by atoms with van der Waals surface area (Å²) >= 11 is 0. The third kappa shape index (κ3) is 1.50. The summed E-state index contributed by atoms with van der Waals surface area (Å²) in [7, 11) is 0. The molecule has 0 radical (unpaired) electrons. The van der Waals surface area contributed by atoms with E-state index in [2.05, 4.69) is 27.7 Å². The average Bonchev–Trinajstić information content (AvgIpc) is 2.70. The molecule has 0 amide bonds. The molecule has 2 bridgehead atoms. The van der Waals surface area contributed by atoms with Gasteiger partial charge in [-0.25, -0.2) is 0 Å². The van der Waals surface area contributed by atoms with E-state index in [4.69, 9.17) is 0 Å². The molecule has 9 atom stereocenters. The Balaban J connectivity index is 1.82. The summed E-state index contributed by atoms with van der Waals surface area (Å²) in [6, 6.07) is 0. The van der Waals surface area contributed by atoms with Crippen molar-refractivity contribution in [3.63, 3.8) is 0 Å². The Hall–Kier alpha value is -0.0800. The first-order chi connectivity index (χ1) is 10.1. The lowest BCUT2D eigenvalue weighted by molar-refractivity contribution is -0.260. The fraction of sp³-hybridized carbons (Fsp3) is 1.00. The van der Waals surface area contributed by atoms with Crippen LogP contribution in [-0.2, 0) is 0 Å². The van der Waals surface area contributed by atoms with Crippen LogP contribution in [0.1, 0.15) is 73.1 Å². The third-order valence-corrected chi connectivity index (χ3v) is 9.61. The van der Waals surface area contributed by atoms with E-state index in [1.54, 1.807) is 0 Å². The Bertz CT molecular complexity index is 500. The fourth-order valence-electron chi connectivity index (χ4n) is 7.72. The molecule has 2 nitrogen and oxygen atoms in total. The van der Waals surface area contributed by atoms with Crippen LogP contribution in [0, 0.1) is 40.4 Å². The minimum atomic E-state index is -0.567. The van der Waals surface area contributed by atoms with Crippen LogP contribution in [0.2, 0.25) is 0 Å². The molecule has 2 heteroatoms. The lowest BCUT2D eigenvalue weighted by Gasteiger charge is -2.66. The molecule has 126 valence electrons. The maximum atomic E-state index is 11.9. The molecule has 4 fully saturated rings. The number of hydrogen-bond acceptors (Lipinski definition) is 2. The van der Waals surface area contributed by atoms with Crippen molar-refractivity contribution in [1.82, 2.24) is 0 Å². The van der Waals surface area contributed by atoms with Gasteiger partial charge < -0.3 is 10.2 Å². The lowest BCUT2D eigenvalue weighted by Crippen LogP contribution is -2.68. The highest BCUT2D eigenvalue weighted by Gasteiger charge is 2.75. The fourth-order valence-corrected chi connectivity index (χ4v) is 7.72. The Morgan fingerprint density at radius 2 is 1.45 bits per heavy atom. The van der Waals surface area contributed by atoms with Gasteiger partial charge in [0.05, 0.1) is 11.2 Å². The predicted molar refractivity (Wildman–Crippen MR) is 88.3 cm³/mol. The van der Waals surface area contributed by atoms with E-state index < -0.39 is 11.2 Å². The largest absolute Gasteiger partial charge is 0.390 e. The first kappa shape index (κ1) is 15.4. The van der Waals surface area contributed by atoms with Gasteiger partial charge in [0.1, 0.15) is 0 Å². The smallest absolute Gasteiger partial charge is 0.0715 e. The molecule has 4 aliphatic carbocycles. The van der Waals surface area contributed by atoms with Gasteiger partial charge in [-0.3, -0.25) is 0 Å². The highest BCUT2D eigenvalue weighted by atomic mass is 16.3. The van der Waals surface area contributed by atoms with E-state index in [9.17, 15) is 10.2 Å². The predicted octanol–water partition coefficient (Wildman–Crippen LogP) is 4.00. The number of fused-ring (bicyclic) bond motifs is 7. The minimum absolute atomic E-state index is 0.246. The second-order valence-electron chi connectivity index (χ2n) is 10.2. The van der Waals surface area contributed by atoms with Crippen LogP contribution in [0.4, 0.5) is 0 Å². The second kappa shape index (κ2) is 4.11. The summed E-state index contributed by atoms with van der Waals surface area (Å²) < 4.78 is 0. The van der Waals surface area contributed by atoms with Crippen LogP contribution in [0.5, 0.6) is 0 Å². The van der Waals surface area contributed by atoms with E-state index >= 15 is 0 Å². The van der Waals surface area contributed by atoms with E-state index in [1.165, 1.54) is 12.8 Å². The summed E-state index contributed by atoms with van der Waals surface area (Å²) in [5, 5.41) is 22.8. The molecular formula is C20H34O2. The molecule has 0 heterocycles. The maximum absolute atomic E-state index is 11.9. The molecule has 0 aromatic rings. The number of hydrogen-bond donors (Lipinski definition) is 2. The molecule has 0 aromatic carbocycles. The van der Waals surface area contributed by atoms with Crippen LogP contribution in [0.15, 0.2) is 0 Å². The van der Waals surface area contributed by atoms with Gasteiger partial charge in [-0.1, -0.05) is 27.7 Å². The quantitative estimate of drug-likeness (QED) is 0.710. The van der Waals surface area contributed by atoms with Crippen LogP contribution in [-0.4, -0.2) is 21.4 Å². The standard InChI is InChI=1S/C20H34O2/c1-12-6-9-20(22)13(2)17(12,3)10-11-18(4)14-7-8-19(5,21)15(14)16(18)20/h12-16,21-22H,6-11H2,1-5H3/t12-,13-,14+,15-,16+,17-,18-,19-,20-/m1/s1. The van der Waals surface area contributed by atoms with Gasteiger partial charge in [0.15, 0.2) is 0 Å². The van der Waals surface area contributed by atoms with Crippen molar-refractivity contribution in [2.75, 3.05) is 0 Å². The molecule has 4 aliphatic rings. The summed E-state index contributed by atoms with van der Waals surface area (Å²) in [6.45, 7) is 11.6. The van der Waals surface area contributed by atoms with Gasteiger partial charge in [0, 0.05) is 0 Å². The SMILES string of the molecule is C[C@@H]1CC[C@@]2(O)[C@H](C)[C@]1(C)CC[C@]1(C)[C@H]3CC[C@@](C)(O)[C@H]3[C@@H]12. The van der Waals surface area contributed by atoms with Crippen molar-refractivity contribution < 1.29 is 10.2 Å². The van der Waals surface area contributed by atoms with Crippen LogP contribution < -0.4 is 0 Å². The topological polar surface area (TPSA) is 40.5 Å². The Kier molecular flexibility index (Phi) is 2.89. The summed E-state index contributed by atoms with van der Waals surface area (Å²) in [5.41, 5.74) is -0.625. The van der Waals surface area contributed by atoms with Gasteiger partial charge in [-0.2, -0.15) is 0 Å². The molecule has 2 N–H and O–H groups in total. The van der Waals surface area contributed by atoms with Crippen molar-refractivity contribution in [3.05, 3.63) is 0 Å². The molecule has 0 spiro atoms. The van der Waals surface area contributed by atoms with E-state index in [1.807, 2.05) is 6.92 Å². The Morgan fingerprint density at radius 1 is 0.818 bits per heavy atom. The third-order valence-electron chi connectivity index (χ3n) is 9.61. The molecule has 0 aromatic heterocycles. The second-order valence-corrected chi connectivity index (χ2v) is 10.2. The van der Waals surface area contributed by atoms with Crippen LogP contribution in [0.25, 0.3) is 0 Å². The van der Waals surface area contributed by atoms with E-state index in [-0.39, 0.29) is 10.8 Å². The van der Waals surface area contributed by atoms with Crippen molar-refractivity contribution >= 4 is 0 Å². The molecular weight excluding hydrogens is 272 g/mol. The highest BCUT2D eigenvalue weighted by molar-refractivity contribution is 5.23. The van der Waals surface area contributed by atoms with Crippen LogP contribution in [0.3, 0.4) is 0 Å². The highest BCUT2D eigenvalue weighted by Crippen LogP contribution is 2.75. The Morgan fingerprint density at radius 3 is 2.14 bits per heavy atom. The molecule has 0 saturated heterocycles. The van der Waals surface area contributed by atoms with Gasteiger partial charge in [0.25, 0.3) is 0 Å². The molecule has 0 unspecified atom stereocenters. The van der Waals surface area contributed by atoms with Crippen molar-refractivity contribution in [2.45, 2.75) is 84.3 Å². The monoisotopic (exact) mass is 306 g/mol. The van der Waals surface area contributed by atoms with E-state index in [0.717, 1.165) is 25.7 Å². The Labute approximate surface area is 135 Å². The van der Waals surface area contributed by atoms with E-state index in [0.29, 0.717) is 29.6 Å². The first-order valence-corrected chi connectivity index (χ1v) is 9.52. The zero-order valence-corrected chi connectivity index (χ0v) is 15.0. The average molecular weight is 306 g/mol. The van der Waals surface area contributed by atoms with Gasteiger partial charge in [0.2, 0.25) is 0 Å². The van der Waals surface area contributed by atoms with Crippen molar-refractivity contribution in [2.24, 2.45) is 40.4 Å². The summed E-state index contributed by atoms with van der Waals surface area (Å²) in [5.74, 6) is 2.28. The zero-order chi connectivity index (χ0) is 16.1. The first-order valence-electron chi connectivity index (χ1n) is 9.52. The lowest BCUT2D eigenvalue weighted by atomic mass is 9.40. The van der Waals surface area contributed by atoms with Crippen molar-refractivity contribution in [3.8, 4) is 0 Å². The van der Waals surface area contributed by atoms with Gasteiger partial charge >= 0.3 is 0 Å². The summed E-state index contributed by atoms with van der Waals surface area (Å²) in [6.07, 6.45) is 6.64. The molecule has 0 aliphatic heterocycles. The maximum Gasteiger partial charge on any atom is 0.0715 e. The van der Waals surface area contributed by atoms with Gasteiger partial charge in [-0.05, 0) is 85.9 Å². The number of aliphatic hydroxyl groups is 2. The minimum Gasteiger partial charge on any atom is -0.390 e. The molecule has 22 heavy (non-hydrogen) atoms. The van der Waals surface area contributed by atoms with Gasteiger partial charge in [-0.15, -0.1) is 0 Å².